The molecule has 0 saturated heterocycles. The van der Waals surface area contributed by atoms with Gasteiger partial charge in [-0.3, -0.25) is 9.52 Å². The van der Waals surface area contributed by atoms with Crippen LogP contribution in [0.5, 0.6) is 0 Å². The summed E-state index contributed by atoms with van der Waals surface area (Å²) in [5, 5.41) is 5.91. The number of benzene rings is 2. The number of carbonyl (C=O) groups excluding carboxylic acids is 1. The van der Waals surface area contributed by atoms with Crippen LogP contribution in [0.3, 0.4) is 0 Å². The van der Waals surface area contributed by atoms with Crippen molar-refractivity contribution in [1.29, 1.82) is 0 Å². The van der Waals surface area contributed by atoms with Crippen molar-refractivity contribution in [3.63, 3.8) is 0 Å². The van der Waals surface area contributed by atoms with Crippen LogP contribution in [0.15, 0.2) is 48.5 Å². The van der Waals surface area contributed by atoms with Crippen LogP contribution in [-0.4, -0.2) is 26.6 Å². The normalized spacial score (nSPS) is 13.5. The second-order valence-electron chi connectivity index (χ2n) is 6.10. The lowest BCUT2D eigenvalue weighted by molar-refractivity contribution is -0.122. The summed E-state index contributed by atoms with van der Waals surface area (Å²) in [6.07, 6.45) is 1.08. The molecule has 0 fully saturated rings. The fraction of sp³-hybridized carbons (Fsp3) is 0.278. The van der Waals surface area contributed by atoms with Gasteiger partial charge in [0.2, 0.25) is 15.9 Å². The zero-order valence-corrected chi connectivity index (χ0v) is 15.6. The van der Waals surface area contributed by atoms with Crippen molar-refractivity contribution in [2.24, 2.45) is 0 Å². The summed E-state index contributed by atoms with van der Waals surface area (Å²) < 4.78 is 37.7. The van der Waals surface area contributed by atoms with E-state index in [0.29, 0.717) is 11.4 Å². The van der Waals surface area contributed by atoms with Crippen LogP contribution in [0.4, 0.5) is 15.8 Å². The van der Waals surface area contributed by atoms with E-state index in [2.05, 4.69) is 15.4 Å². The maximum Gasteiger partial charge on any atom is 0.242 e. The Kier molecular flexibility index (Phi) is 6.20. The van der Waals surface area contributed by atoms with Crippen LogP contribution >= 0.6 is 0 Å². The molecule has 0 bridgehead atoms. The minimum atomic E-state index is -3.33. The molecular formula is C18H22FN3O3S. The molecular weight excluding hydrogens is 357 g/mol. The zero-order chi connectivity index (χ0) is 19.3. The third-order valence-electron chi connectivity index (χ3n) is 3.69. The van der Waals surface area contributed by atoms with Crippen molar-refractivity contribution in [3.8, 4) is 0 Å². The number of rotatable bonds is 7. The van der Waals surface area contributed by atoms with Gasteiger partial charge in [0.05, 0.1) is 12.3 Å². The largest absolute Gasteiger partial charge is 0.374 e. The van der Waals surface area contributed by atoms with Crippen molar-refractivity contribution in [2.75, 3.05) is 16.3 Å². The number of sulfonamides is 1. The smallest absolute Gasteiger partial charge is 0.242 e. The molecule has 2 unspecified atom stereocenters. The summed E-state index contributed by atoms with van der Waals surface area (Å²) in [7, 11) is -3.33. The Balaban J connectivity index is 1.93. The summed E-state index contributed by atoms with van der Waals surface area (Å²) in [5.74, 6) is -0.531. The van der Waals surface area contributed by atoms with Crippen molar-refractivity contribution in [3.05, 3.63) is 59.9 Å². The van der Waals surface area contributed by atoms with E-state index < -0.39 is 16.1 Å². The van der Waals surface area contributed by atoms with Gasteiger partial charge in [-0.15, -0.1) is 0 Å². The lowest BCUT2D eigenvalue weighted by atomic mass is 10.1. The van der Waals surface area contributed by atoms with Crippen molar-refractivity contribution in [2.45, 2.75) is 25.9 Å². The van der Waals surface area contributed by atoms with Crippen molar-refractivity contribution < 1.29 is 17.6 Å². The molecule has 2 rings (SSSR count). The quantitative estimate of drug-likeness (QED) is 0.690. The van der Waals surface area contributed by atoms with E-state index >= 15 is 0 Å². The number of hydrogen-bond donors (Lipinski definition) is 3. The number of amides is 1. The summed E-state index contributed by atoms with van der Waals surface area (Å²) in [6, 6.07) is 11.8. The van der Waals surface area contributed by atoms with Crippen molar-refractivity contribution >= 4 is 27.3 Å². The van der Waals surface area contributed by atoms with E-state index in [1.807, 2.05) is 6.92 Å². The maximum atomic E-state index is 13.0. The van der Waals surface area contributed by atoms with Gasteiger partial charge in [0.1, 0.15) is 11.9 Å². The van der Waals surface area contributed by atoms with E-state index in [0.717, 1.165) is 11.8 Å². The molecule has 0 radical (unpaired) electrons. The second-order valence-corrected chi connectivity index (χ2v) is 7.85. The SMILES string of the molecule is CC(Nc1ccc(NS(C)(=O)=O)cc1)C(=O)NC(C)c1ccc(F)cc1. The van der Waals surface area contributed by atoms with Crippen LogP contribution in [0.25, 0.3) is 0 Å². The third kappa shape index (κ3) is 6.03. The van der Waals surface area contributed by atoms with Gasteiger partial charge in [0.25, 0.3) is 0 Å². The fourth-order valence-electron chi connectivity index (χ4n) is 2.34. The zero-order valence-electron chi connectivity index (χ0n) is 14.8. The van der Waals surface area contributed by atoms with Crippen LogP contribution in [0, 0.1) is 5.82 Å². The predicted octanol–water partition coefficient (Wildman–Crippen LogP) is 2.88. The molecule has 0 aliphatic carbocycles. The first-order chi connectivity index (χ1) is 12.1. The Hall–Kier alpha value is -2.61. The topological polar surface area (TPSA) is 87.3 Å². The first-order valence-electron chi connectivity index (χ1n) is 8.04. The number of nitrogens with one attached hydrogen (secondary N) is 3. The highest BCUT2D eigenvalue weighted by atomic mass is 32.2. The molecule has 0 aliphatic rings. The molecule has 2 aromatic rings. The van der Waals surface area contributed by atoms with Crippen LogP contribution in [-0.2, 0) is 14.8 Å². The first kappa shape index (κ1) is 19.7. The number of carbonyl (C=O) groups is 1. The molecule has 6 nitrogen and oxygen atoms in total. The molecule has 0 heterocycles. The Labute approximate surface area is 152 Å². The summed E-state index contributed by atoms with van der Waals surface area (Å²) in [4.78, 5) is 12.3. The molecule has 3 N–H and O–H groups in total. The summed E-state index contributed by atoms with van der Waals surface area (Å²) >= 11 is 0. The highest BCUT2D eigenvalue weighted by Gasteiger charge is 2.16. The third-order valence-corrected chi connectivity index (χ3v) is 4.30. The lowest BCUT2D eigenvalue weighted by Gasteiger charge is -2.19. The fourth-order valence-corrected chi connectivity index (χ4v) is 2.90. The van der Waals surface area contributed by atoms with E-state index in [9.17, 15) is 17.6 Å². The van der Waals surface area contributed by atoms with Crippen LogP contribution in [0.2, 0.25) is 0 Å². The summed E-state index contributed by atoms with van der Waals surface area (Å²) in [5.41, 5.74) is 1.93. The Morgan fingerprint density at radius 3 is 2.04 bits per heavy atom. The molecule has 8 heteroatoms. The average molecular weight is 379 g/mol. The molecule has 0 aliphatic heterocycles. The van der Waals surface area contributed by atoms with Gasteiger partial charge < -0.3 is 10.6 Å². The Morgan fingerprint density at radius 1 is 0.962 bits per heavy atom. The molecule has 2 aromatic carbocycles. The standard InChI is InChI=1S/C18H22FN3O3S/c1-12(14-4-6-15(19)7-5-14)21-18(23)13(2)20-16-8-10-17(11-9-16)22-26(3,24)25/h4-13,20,22H,1-3H3,(H,21,23). The molecule has 0 aromatic heterocycles. The van der Waals surface area contributed by atoms with Gasteiger partial charge in [-0.1, -0.05) is 12.1 Å². The average Bonchev–Trinajstić information content (AvgIpc) is 2.55. The van der Waals surface area contributed by atoms with Gasteiger partial charge in [-0.2, -0.15) is 0 Å². The highest BCUT2D eigenvalue weighted by molar-refractivity contribution is 7.92. The minimum Gasteiger partial charge on any atom is -0.374 e. The van der Waals surface area contributed by atoms with Gasteiger partial charge in [-0.05, 0) is 55.8 Å². The molecule has 26 heavy (non-hydrogen) atoms. The Bertz CT molecular complexity index is 852. The Morgan fingerprint density at radius 2 is 1.50 bits per heavy atom. The van der Waals surface area contributed by atoms with E-state index in [1.54, 1.807) is 43.3 Å². The van der Waals surface area contributed by atoms with Crippen molar-refractivity contribution in [1.82, 2.24) is 5.32 Å². The lowest BCUT2D eigenvalue weighted by Crippen LogP contribution is -2.38. The van der Waals surface area contributed by atoms with Crippen LogP contribution < -0.4 is 15.4 Å². The van der Waals surface area contributed by atoms with E-state index in [-0.39, 0.29) is 17.8 Å². The monoisotopic (exact) mass is 379 g/mol. The van der Waals surface area contributed by atoms with Crippen LogP contribution in [0.1, 0.15) is 25.5 Å². The van der Waals surface area contributed by atoms with E-state index in [1.165, 1.54) is 12.1 Å². The van der Waals surface area contributed by atoms with Gasteiger partial charge in [0.15, 0.2) is 0 Å². The van der Waals surface area contributed by atoms with Gasteiger partial charge in [0, 0.05) is 11.4 Å². The minimum absolute atomic E-state index is 0.208. The number of hydrogen-bond acceptors (Lipinski definition) is 4. The van der Waals surface area contributed by atoms with Gasteiger partial charge in [-0.25, -0.2) is 12.8 Å². The second kappa shape index (κ2) is 8.18. The maximum absolute atomic E-state index is 13.0. The molecule has 140 valence electrons. The summed E-state index contributed by atoms with van der Waals surface area (Å²) in [6.45, 7) is 3.54. The number of halogens is 1. The molecule has 2 atom stereocenters. The molecule has 0 saturated carbocycles. The molecule has 1 amide bonds. The predicted molar refractivity (Wildman–Crippen MR) is 101 cm³/mol. The highest BCUT2D eigenvalue weighted by Crippen LogP contribution is 2.16. The van der Waals surface area contributed by atoms with Gasteiger partial charge >= 0.3 is 0 Å². The first-order valence-corrected chi connectivity index (χ1v) is 9.93. The van der Waals surface area contributed by atoms with E-state index in [4.69, 9.17) is 0 Å². The number of anilines is 2. The molecule has 0 spiro atoms.